The topological polar surface area (TPSA) is 52.6 Å². The van der Waals surface area contributed by atoms with Crippen molar-refractivity contribution < 1.29 is 17.0 Å². The number of hydrogen-bond donors (Lipinski definition) is 0. The maximum absolute atomic E-state index is 13.2. The van der Waals surface area contributed by atoms with Gasteiger partial charge in [0.05, 0.1) is 25.7 Å². The number of benzene rings is 2. The first-order valence-corrected chi connectivity index (χ1v) is 18.9. The Balaban J connectivity index is 2.40. The van der Waals surface area contributed by atoms with E-state index >= 15 is 0 Å². The fourth-order valence-electron chi connectivity index (χ4n) is 4.41. The molecule has 0 spiro atoms. The van der Waals surface area contributed by atoms with Crippen molar-refractivity contribution in [2.24, 2.45) is 0 Å². The lowest BCUT2D eigenvalue weighted by molar-refractivity contribution is 0.126. The summed E-state index contributed by atoms with van der Waals surface area (Å²) in [4.78, 5) is 0.254. The Morgan fingerprint density at radius 1 is 0.969 bits per heavy atom. The molecule has 2 atom stereocenters. The second kappa shape index (κ2) is 10.2. The van der Waals surface area contributed by atoms with Gasteiger partial charge in [-0.3, -0.25) is 4.18 Å². The highest BCUT2D eigenvalue weighted by molar-refractivity contribution is 7.86. The van der Waals surface area contributed by atoms with Crippen LogP contribution in [0.2, 0.25) is 38.3 Å². The third-order valence-electron chi connectivity index (χ3n) is 5.75. The fourth-order valence-corrected chi connectivity index (χ4v) is 10.1. The molecule has 0 unspecified atom stereocenters. The fraction of sp³-hybridized carbons (Fsp3) is 0.440. The van der Waals surface area contributed by atoms with Gasteiger partial charge in [0.2, 0.25) is 0 Å². The molecule has 2 rings (SSSR count). The highest BCUT2D eigenvalue weighted by Gasteiger charge is 2.40. The zero-order valence-electron chi connectivity index (χ0n) is 20.7. The molecule has 0 fully saturated rings. The van der Waals surface area contributed by atoms with Crippen molar-refractivity contribution in [2.75, 3.05) is 6.61 Å². The molecule has 7 heteroatoms. The molecule has 0 amide bonds. The summed E-state index contributed by atoms with van der Waals surface area (Å²) in [6, 6.07) is 14.1. The number of rotatable bonds is 10. The van der Waals surface area contributed by atoms with E-state index in [4.69, 9.17) is 8.61 Å². The van der Waals surface area contributed by atoms with E-state index in [0.717, 1.165) is 5.56 Å². The number of hydrogen-bond acceptors (Lipinski definition) is 4. The summed E-state index contributed by atoms with van der Waals surface area (Å²) in [7, 11) is -7.98. The van der Waals surface area contributed by atoms with Crippen molar-refractivity contribution in [3.63, 3.8) is 0 Å². The third-order valence-corrected chi connectivity index (χ3v) is 12.4. The molecule has 4 nitrogen and oxygen atoms in total. The van der Waals surface area contributed by atoms with Crippen molar-refractivity contribution in [3.05, 3.63) is 71.8 Å². The van der Waals surface area contributed by atoms with E-state index in [9.17, 15) is 8.42 Å². The normalized spacial score (nSPS) is 14.8. The Kier molecular flexibility index (Phi) is 8.50. The van der Waals surface area contributed by atoms with Gasteiger partial charge in [0.1, 0.15) is 0 Å². The summed E-state index contributed by atoms with van der Waals surface area (Å²) in [5, 5.41) is 1.28. The monoisotopic (exact) mass is 490 g/mol. The van der Waals surface area contributed by atoms with Crippen LogP contribution < -0.4 is 5.19 Å². The molecule has 0 heterocycles. The molecule has 0 aromatic heterocycles. The Bertz CT molecular complexity index is 1020. The van der Waals surface area contributed by atoms with E-state index in [-0.39, 0.29) is 23.1 Å². The van der Waals surface area contributed by atoms with E-state index < -0.39 is 26.5 Å². The van der Waals surface area contributed by atoms with Crippen molar-refractivity contribution in [1.29, 1.82) is 0 Å². The van der Waals surface area contributed by atoms with Gasteiger partial charge in [0.15, 0.2) is 8.32 Å². The van der Waals surface area contributed by atoms with Gasteiger partial charge in [-0.1, -0.05) is 72.4 Å². The Labute approximate surface area is 196 Å². The van der Waals surface area contributed by atoms with Crippen LogP contribution in [0, 0.1) is 20.8 Å². The van der Waals surface area contributed by atoms with Crippen LogP contribution in [0.5, 0.6) is 0 Å². The molecule has 0 bridgehead atoms. The molecule has 0 saturated heterocycles. The first-order valence-electron chi connectivity index (χ1n) is 11.0. The van der Waals surface area contributed by atoms with Gasteiger partial charge in [-0.15, -0.1) is 6.58 Å². The largest absolute Gasteiger partial charge is 0.412 e. The van der Waals surface area contributed by atoms with Crippen LogP contribution >= 0.6 is 0 Å². The van der Waals surface area contributed by atoms with Crippen LogP contribution in [0.15, 0.2) is 60.0 Å². The SMILES string of the molecule is C=C[C@@H]([C@@H](COS(=O)(=O)c1c(C)cc(C)cc1C)O[Si](C)(C)C)[Si](C)(C)c1ccccc1. The molecule has 0 aliphatic rings. The Morgan fingerprint density at radius 3 is 1.97 bits per heavy atom. The molecule has 0 N–H and O–H groups in total. The van der Waals surface area contributed by atoms with Crippen molar-refractivity contribution >= 4 is 31.7 Å². The van der Waals surface area contributed by atoms with Crippen LogP contribution in [0.1, 0.15) is 16.7 Å². The lowest BCUT2D eigenvalue weighted by atomic mass is 10.1. The van der Waals surface area contributed by atoms with E-state index in [1.807, 2.05) is 57.2 Å². The molecule has 0 aliphatic heterocycles. The lowest BCUT2D eigenvalue weighted by Crippen LogP contribution is -2.52. The first kappa shape index (κ1) is 26.7. The van der Waals surface area contributed by atoms with Gasteiger partial charge in [-0.25, -0.2) is 0 Å². The summed E-state index contributed by atoms with van der Waals surface area (Å²) >= 11 is 0. The third kappa shape index (κ3) is 6.51. The smallest absolute Gasteiger partial charge is 0.297 e. The minimum atomic E-state index is -3.92. The predicted molar refractivity (Wildman–Crippen MR) is 140 cm³/mol. The minimum Gasteiger partial charge on any atom is -0.412 e. The Hall–Kier alpha value is -1.52. The van der Waals surface area contributed by atoms with Crippen LogP contribution in [0.4, 0.5) is 0 Å². The van der Waals surface area contributed by atoms with Crippen LogP contribution in [-0.2, 0) is 18.7 Å². The van der Waals surface area contributed by atoms with Crippen molar-refractivity contribution in [3.8, 4) is 0 Å². The minimum absolute atomic E-state index is 0.00737. The van der Waals surface area contributed by atoms with Gasteiger partial charge in [0, 0.05) is 5.54 Å². The first-order chi connectivity index (χ1) is 14.7. The standard InChI is InChI=1S/C25H38O4SSi2/c1-10-24(32(8,9)22-14-12-11-13-15-22)23(29-31(5,6)7)18-28-30(26,27)25-20(3)16-19(2)17-21(25)4/h10-17,23-24H,1,18H2,2-9H3/t23-,24+/m1/s1. The molecule has 0 radical (unpaired) electrons. The molecule has 2 aromatic rings. The van der Waals surface area contributed by atoms with Gasteiger partial charge < -0.3 is 4.43 Å². The highest BCUT2D eigenvalue weighted by atomic mass is 32.2. The average molecular weight is 491 g/mol. The van der Waals surface area contributed by atoms with Crippen LogP contribution in [-0.4, -0.2) is 37.5 Å². The van der Waals surface area contributed by atoms with E-state index in [0.29, 0.717) is 11.1 Å². The second-order valence-electron chi connectivity index (χ2n) is 10.1. The summed E-state index contributed by atoms with van der Waals surface area (Å²) in [6.45, 7) is 20.5. The molecule has 32 heavy (non-hydrogen) atoms. The molecular weight excluding hydrogens is 453 g/mol. The maximum Gasteiger partial charge on any atom is 0.297 e. The van der Waals surface area contributed by atoms with Crippen LogP contribution in [0.25, 0.3) is 0 Å². The molecule has 0 saturated carbocycles. The summed E-state index contributed by atoms with van der Waals surface area (Å²) in [6.07, 6.45) is 1.55. The Morgan fingerprint density at radius 2 is 1.50 bits per heavy atom. The zero-order valence-corrected chi connectivity index (χ0v) is 23.5. The number of aryl methyl sites for hydroxylation is 3. The predicted octanol–water partition coefficient (Wildman–Crippen LogP) is 5.71. The zero-order chi connectivity index (χ0) is 24.3. The molecular formula is C25H38O4SSi2. The highest BCUT2D eigenvalue weighted by Crippen LogP contribution is 2.32. The van der Waals surface area contributed by atoms with Gasteiger partial charge >= 0.3 is 0 Å². The van der Waals surface area contributed by atoms with E-state index in [2.05, 4.69) is 51.4 Å². The lowest BCUT2D eigenvalue weighted by Gasteiger charge is -2.39. The van der Waals surface area contributed by atoms with Crippen molar-refractivity contribution in [1.82, 2.24) is 0 Å². The van der Waals surface area contributed by atoms with Crippen LogP contribution in [0.3, 0.4) is 0 Å². The van der Waals surface area contributed by atoms with Gasteiger partial charge in [-0.2, -0.15) is 8.42 Å². The average Bonchev–Trinajstić information content (AvgIpc) is 2.65. The summed E-state index contributed by atoms with van der Waals surface area (Å²) < 4.78 is 38.6. The van der Waals surface area contributed by atoms with E-state index in [1.54, 1.807) is 0 Å². The quantitative estimate of drug-likeness (QED) is 0.243. The molecule has 2 aromatic carbocycles. The van der Waals surface area contributed by atoms with Gasteiger partial charge in [0.25, 0.3) is 10.1 Å². The van der Waals surface area contributed by atoms with E-state index in [1.165, 1.54) is 5.19 Å². The second-order valence-corrected chi connectivity index (χ2v) is 20.8. The molecule has 176 valence electrons. The molecule has 0 aliphatic carbocycles. The maximum atomic E-state index is 13.2. The van der Waals surface area contributed by atoms with Gasteiger partial charge in [-0.05, 0) is 51.5 Å². The summed E-state index contributed by atoms with van der Waals surface area (Å²) in [5.74, 6) is 0. The summed E-state index contributed by atoms with van der Waals surface area (Å²) in [5.41, 5.74) is 2.42. The van der Waals surface area contributed by atoms with Crippen molar-refractivity contribution in [2.45, 2.75) is 70.0 Å².